The second-order valence-corrected chi connectivity index (χ2v) is 5.67. The zero-order chi connectivity index (χ0) is 14.5. The molecule has 7 heteroatoms. The predicted molar refractivity (Wildman–Crippen MR) is 81.8 cm³/mol. The first kappa shape index (κ1) is 14.5. The summed E-state index contributed by atoms with van der Waals surface area (Å²) in [6.07, 6.45) is 0. The molecule has 0 aliphatic heterocycles. The fourth-order valence-electron chi connectivity index (χ4n) is 1.41. The molecule has 1 aromatic carbocycles. The standard InChI is InChI=1S/C13H11BrN2O3S/c14-8-1-3-9(4-2-8)16-11(17)7-19-13(18)12-10(15)5-6-20-12/h1-6H,7,15H2,(H,16,17). The molecule has 5 nitrogen and oxygen atoms in total. The number of halogens is 1. The predicted octanol–water partition coefficient (Wildman–Crippen LogP) is 2.89. The lowest BCUT2D eigenvalue weighted by Crippen LogP contribution is -2.20. The fourth-order valence-corrected chi connectivity index (χ4v) is 2.39. The molecule has 0 radical (unpaired) electrons. The van der Waals surface area contributed by atoms with Crippen LogP contribution in [-0.4, -0.2) is 18.5 Å². The summed E-state index contributed by atoms with van der Waals surface area (Å²) in [6, 6.07) is 8.69. The number of anilines is 2. The third-order valence-electron chi connectivity index (χ3n) is 2.34. The number of nitrogens with two attached hydrogens (primary N) is 1. The molecule has 0 aliphatic rings. The Morgan fingerprint density at radius 3 is 2.55 bits per heavy atom. The molecule has 0 saturated heterocycles. The van der Waals surface area contributed by atoms with Crippen LogP contribution in [0.25, 0.3) is 0 Å². The molecular weight excluding hydrogens is 344 g/mol. The largest absolute Gasteiger partial charge is 0.451 e. The number of ether oxygens (including phenoxy) is 1. The number of thiophene rings is 1. The SMILES string of the molecule is Nc1ccsc1C(=O)OCC(=O)Nc1ccc(Br)cc1. The number of hydrogen-bond donors (Lipinski definition) is 2. The molecule has 0 aliphatic carbocycles. The van der Waals surface area contributed by atoms with Crippen LogP contribution in [0.15, 0.2) is 40.2 Å². The van der Waals surface area contributed by atoms with Crippen molar-refractivity contribution in [1.82, 2.24) is 0 Å². The van der Waals surface area contributed by atoms with Crippen molar-refractivity contribution >= 4 is 50.5 Å². The molecule has 1 heterocycles. The van der Waals surface area contributed by atoms with E-state index in [1.54, 1.807) is 35.7 Å². The van der Waals surface area contributed by atoms with Crippen LogP contribution in [0.5, 0.6) is 0 Å². The van der Waals surface area contributed by atoms with E-state index in [1.165, 1.54) is 11.3 Å². The van der Waals surface area contributed by atoms with Gasteiger partial charge in [-0.3, -0.25) is 4.79 Å². The Balaban J connectivity index is 1.85. The van der Waals surface area contributed by atoms with Gasteiger partial charge in [0.25, 0.3) is 5.91 Å². The Bertz CT molecular complexity index is 625. The summed E-state index contributed by atoms with van der Waals surface area (Å²) in [4.78, 5) is 23.6. The monoisotopic (exact) mass is 354 g/mol. The van der Waals surface area contributed by atoms with E-state index in [1.807, 2.05) is 0 Å². The Kier molecular flexibility index (Phi) is 4.75. The summed E-state index contributed by atoms with van der Waals surface area (Å²) in [5.41, 5.74) is 6.57. The molecular formula is C13H11BrN2O3S. The van der Waals surface area contributed by atoms with Crippen molar-refractivity contribution in [1.29, 1.82) is 0 Å². The number of nitrogens with one attached hydrogen (secondary N) is 1. The summed E-state index contributed by atoms with van der Waals surface area (Å²) >= 11 is 4.48. The number of esters is 1. The normalized spacial score (nSPS) is 10.1. The van der Waals surface area contributed by atoms with Crippen molar-refractivity contribution < 1.29 is 14.3 Å². The van der Waals surface area contributed by atoms with Crippen LogP contribution in [0.1, 0.15) is 9.67 Å². The first-order valence-electron chi connectivity index (χ1n) is 5.62. The highest BCUT2D eigenvalue weighted by Crippen LogP contribution is 2.19. The van der Waals surface area contributed by atoms with E-state index in [2.05, 4.69) is 21.2 Å². The van der Waals surface area contributed by atoms with E-state index in [4.69, 9.17) is 10.5 Å². The number of rotatable bonds is 4. The van der Waals surface area contributed by atoms with Gasteiger partial charge in [0, 0.05) is 10.2 Å². The molecule has 3 N–H and O–H groups in total. The summed E-state index contributed by atoms with van der Waals surface area (Å²) in [6.45, 7) is -0.355. The zero-order valence-corrected chi connectivity index (χ0v) is 12.7. The fraction of sp³-hybridized carbons (Fsp3) is 0.0769. The van der Waals surface area contributed by atoms with Gasteiger partial charge in [0.1, 0.15) is 4.88 Å². The minimum Gasteiger partial charge on any atom is -0.451 e. The van der Waals surface area contributed by atoms with Crippen molar-refractivity contribution in [3.05, 3.63) is 45.1 Å². The van der Waals surface area contributed by atoms with Gasteiger partial charge in [-0.25, -0.2) is 4.79 Å². The minimum atomic E-state index is -0.594. The maximum Gasteiger partial charge on any atom is 0.350 e. The van der Waals surface area contributed by atoms with Gasteiger partial charge in [0.15, 0.2) is 6.61 Å². The van der Waals surface area contributed by atoms with Gasteiger partial charge in [-0.2, -0.15) is 0 Å². The highest BCUT2D eigenvalue weighted by molar-refractivity contribution is 9.10. The third-order valence-corrected chi connectivity index (χ3v) is 3.78. The zero-order valence-electron chi connectivity index (χ0n) is 10.3. The molecule has 0 unspecified atom stereocenters. The van der Waals surface area contributed by atoms with Crippen molar-refractivity contribution in [2.45, 2.75) is 0 Å². The van der Waals surface area contributed by atoms with Gasteiger partial charge in [-0.05, 0) is 35.7 Å². The van der Waals surface area contributed by atoms with Crippen LogP contribution in [0.2, 0.25) is 0 Å². The van der Waals surface area contributed by atoms with Crippen LogP contribution in [-0.2, 0) is 9.53 Å². The molecule has 2 rings (SSSR count). The first-order valence-corrected chi connectivity index (χ1v) is 7.29. The van der Waals surface area contributed by atoms with Gasteiger partial charge in [0.2, 0.25) is 0 Å². The second-order valence-electron chi connectivity index (χ2n) is 3.84. The summed E-state index contributed by atoms with van der Waals surface area (Å²) < 4.78 is 5.81. The van der Waals surface area contributed by atoms with E-state index in [-0.39, 0.29) is 6.61 Å². The van der Waals surface area contributed by atoms with E-state index >= 15 is 0 Å². The van der Waals surface area contributed by atoms with Crippen molar-refractivity contribution in [2.24, 2.45) is 0 Å². The molecule has 104 valence electrons. The molecule has 0 spiro atoms. The Labute approximate surface area is 127 Å². The molecule has 1 amide bonds. The van der Waals surface area contributed by atoms with Crippen LogP contribution >= 0.6 is 27.3 Å². The number of hydrogen-bond acceptors (Lipinski definition) is 5. The van der Waals surface area contributed by atoms with Gasteiger partial charge in [-0.15, -0.1) is 11.3 Å². The Morgan fingerprint density at radius 1 is 1.25 bits per heavy atom. The minimum absolute atomic E-state index is 0.307. The lowest BCUT2D eigenvalue weighted by molar-refractivity contribution is -0.119. The van der Waals surface area contributed by atoms with Crippen molar-refractivity contribution in [3.63, 3.8) is 0 Å². The number of carbonyl (C=O) groups is 2. The van der Waals surface area contributed by atoms with Gasteiger partial charge < -0.3 is 15.8 Å². The van der Waals surface area contributed by atoms with Crippen LogP contribution in [0, 0.1) is 0 Å². The number of benzene rings is 1. The lowest BCUT2D eigenvalue weighted by atomic mass is 10.3. The molecule has 0 fully saturated rings. The molecule has 20 heavy (non-hydrogen) atoms. The van der Waals surface area contributed by atoms with E-state index in [0.29, 0.717) is 16.3 Å². The van der Waals surface area contributed by atoms with Crippen LogP contribution < -0.4 is 11.1 Å². The summed E-state index contributed by atoms with van der Waals surface area (Å²) in [5.74, 6) is -1.00. The lowest BCUT2D eigenvalue weighted by Gasteiger charge is -2.06. The molecule has 2 aromatic rings. The van der Waals surface area contributed by atoms with E-state index < -0.39 is 11.9 Å². The number of carbonyl (C=O) groups excluding carboxylic acids is 2. The van der Waals surface area contributed by atoms with E-state index in [9.17, 15) is 9.59 Å². The number of nitrogen functional groups attached to an aromatic ring is 1. The third kappa shape index (κ3) is 3.82. The van der Waals surface area contributed by atoms with Gasteiger partial charge in [-0.1, -0.05) is 15.9 Å². The molecule has 0 atom stereocenters. The second kappa shape index (κ2) is 6.53. The number of amides is 1. The summed E-state index contributed by atoms with van der Waals surface area (Å²) in [5, 5.41) is 4.31. The van der Waals surface area contributed by atoms with Crippen molar-refractivity contribution in [3.8, 4) is 0 Å². The van der Waals surface area contributed by atoms with Crippen molar-refractivity contribution in [2.75, 3.05) is 17.7 Å². The van der Waals surface area contributed by atoms with Gasteiger partial charge in [0.05, 0.1) is 5.69 Å². The summed E-state index contributed by atoms with van der Waals surface area (Å²) in [7, 11) is 0. The van der Waals surface area contributed by atoms with Gasteiger partial charge >= 0.3 is 5.97 Å². The highest BCUT2D eigenvalue weighted by atomic mass is 79.9. The maximum absolute atomic E-state index is 11.7. The van der Waals surface area contributed by atoms with E-state index in [0.717, 1.165) is 4.47 Å². The van der Waals surface area contributed by atoms with Crippen LogP contribution in [0.3, 0.4) is 0 Å². The smallest absolute Gasteiger partial charge is 0.350 e. The van der Waals surface area contributed by atoms with Crippen LogP contribution in [0.4, 0.5) is 11.4 Å². The average molecular weight is 355 g/mol. The highest BCUT2D eigenvalue weighted by Gasteiger charge is 2.14. The Hall–Kier alpha value is -1.86. The molecule has 0 bridgehead atoms. The average Bonchev–Trinajstić information content (AvgIpc) is 2.85. The maximum atomic E-state index is 11.7. The topological polar surface area (TPSA) is 81.4 Å². The molecule has 1 aromatic heterocycles. The molecule has 0 saturated carbocycles. The quantitative estimate of drug-likeness (QED) is 0.827. The Morgan fingerprint density at radius 2 is 1.95 bits per heavy atom. The first-order chi connectivity index (χ1) is 9.56.